The van der Waals surface area contributed by atoms with E-state index in [9.17, 15) is 12.8 Å². The summed E-state index contributed by atoms with van der Waals surface area (Å²) in [6, 6.07) is 2.28. The number of sulfonamides is 1. The Bertz CT molecular complexity index is 564. The summed E-state index contributed by atoms with van der Waals surface area (Å²) >= 11 is 11.4. The van der Waals surface area contributed by atoms with Gasteiger partial charge in [-0.05, 0) is 24.1 Å². The van der Waals surface area contributed by atoms with Crippen molar-refractivity contribution in [3.8, 4) is 0 Å². The van der Waals surface area contributed by atoms with E-state index in [2.05, 4.69) is 0 Å². The molecule has 0 aliphatic rings. The Morgan fingerprint density at radius 3 is 2.45 bits per heavy atom. The predicted octanol–water partition coefficient (Wildman–Crippen LogP) is 4.03. The smallest absolute Gasteiger partial charge is 0.207 e. The van der Waals surface area contributed by atoms with Gasteiger partial charge in [-0.15, -0.1) is 11.6 Å². The minimum Gasteiger partial charge on any atom is -0.207 e. The molecule has 0 heterocycles. The van der Waals surface area contributed by atoms with Crippen LogP contribution in [0.15, 0.2) is 17.0 Å². The van der Waals surface area contributed by atoms with E-state index in [-0.39, 0.29) is 21.4 Å². The van der Waals surface area contributed by atoms with Crippen LogP contribution >= 0.6 is 23.2 Å². The van der Waals surface area contributed by atoms with E-state index >= 15 is 0 Å². The SMILES string of the molecule is CCCCN(CC)S(=O)(=O)c1cc(F)c(Cl)c(CCl)c1. The summed E-state index contributed by atoms with van der Waals surface area (Å²) in [5, 5.41) is -0.129. The maximum Gasteiger partial charge on any atom is 0.243 e. The Balaban J connectivity index is 3.23. The van der Waals surface area contributed by atoms with Crippen LogP contribution in [0.1, 0.15) is 32.3 Å². The fourth-order valence-corrected chi connectivity index (χ4v) is 3.80. The van der Waals surface area contributed by atoms with E-state index in [0.717, 1.165) is 18.9 Å². The first-order valence-corrected chi connectivity index (χ1v) is 8.77. The third-order valence-corrected chi connectivity index (χ3v) is 5.64. The van der Waals surface area contributed by atoms with Gasteiger partial charge in [0.2, 0.25) is 10.0 Å². The molecule has 20 heavy (non-hydrogen) atoms. The van der Waals surface area contributed by atoms with Crippen molar-refractivity contribution < 1.29 is 12.8 Å². The largest absolute Gasteiger partial charge is 0.243 e. The predicted molar refractivity (Wildman–Crippen MR) is 80.3 cm³/mol. The van der Waals surface area contributed by atoms with Crippen LogP contribution in [-0.4, -0.2) is 25.8 Å². The second-order valence-corrected chi connectivity index (χ2v) is 6.95. The maximum absolute atomic E-state index is 13.7. The molecule has 0 saturated carbocycles. The molecule has 0 atom stereocenters. The van der Waals surface area contributed by atoms with Crippen molar-refractivity contribution in [2.45, 2.75) is 37.5 Å². The third-order valence-electron chi connectivity index (χ3n) is 2.97. The van der Waals surface area contributed by atoms with Crippen molar-refractivity contribution in [1.82, 2.24) is 4.31 Å². The van der Waals surface area contributed by atoms with Gasteiger partial charge in [-0.2, -0.15) is 4.31 Å². The van der Waals surface area contributed by atoms with Crippen molar-refractivity contribution in [3.05, 3.63) is 28.5 Å². The fraction of sp³-hybridized carbons (Fsp3) is 0.538. The Morgan fingerprint density at radius 2 is 1.95 bits per heavy atom. The van der Waals surface area contributed by atoms with Gasteiger partial charge in [-0.3, -0.25) is 0 Å². The van der Waals surface area contributed by atoms with Crippen LogP contribution in [0, 0.1) is 5.82 Å². The van der Waals surface area contributed by atoms with Gasteiger partial charge in [0.15, 0.2) is 0 Å². The first-order chi connectivity index (χ1) is 9.38. The van der Waals surface area contributed by atoms with Crippen LogP contribution in [0.2, 0.25) is 5.02 Å². The molecule has 0 bridgehead atoms. The van der Waals surface area contributed by atoms with Crippen LogP contribution in [-0.2, 0) is 15.9 Å². The zero-order valence-electron chi connectivity index (χ0n) is 11.5. The molecule has 0 aliphatic heterocycles. The molecule has 0 amide bonds. The lowest BCUT2D eigenvalue weighted by Crippen LogP contribution is -2.32. The molecule has 0 radical (unpaired) electrons. The summed E-state index contributed by atoms with van der Waals surface area (Å²) in [7, 11) is -3.72. The monoisotopic (exact) mass is 341 g/mol. The van der Waals surface area contributed by atoms with Crippen molar-refractivity contribution in [2.24, 2.45) is 0 Å². The summed E-state index contributed by atoms with van der Waals surface area (Å²) in [5.74, 6) is -0.810. The van der Waals surface area contributed by atoms with Crippen LogP contribution in [0.5, 0.6) is 0 Å². The molecular formula is C13H18Cl2FNO2S. The highest BCUT2D eigenvalue weighted by Gasteiger charge is 2.24. The summed E-state index contributed by atoms with van der Waals surface area (Å²) in [4.78, 5) is -0.104. The highest BCUT2D eigenvalue weighted by atomic mass is 35.5. The van der Waals surface area contributed by atoms with Crippen LogP contribution in [0.25, 0.3) is 0 Å². The molecular weight excluding hydrogens is 324 g/mol. The molecule has 7 heteroatoms. The van der Waals surface area contributed by atoms with Gasteiger partial charge in [-0.1, -0.05) is 31.9 Å². The summed E-state index contributed by atoms with van der Waals surface area (Å²) < 4.78 is 40.0. The number of halogens is 3. The second kappa shape index (κ2) is 7.59. The first kappa shape index (κ1) is 17.7. The summed E-state index contributed by atoms with van der Waals surface area (Å²) in [5.41, 5.74) is 0.276. The average molecular weight is 342 g/mol. The van der Waals surface area contributed by atoms with Crippen LogP contribution < -0.4 is 0 Å². The first-order valence-electron chi connectivity index (χ1n) is 6.42. The number of hydrogen-bond acceptors (Lipinski definition) is 2. The molecule has 0 saturated heterocycles. The Morgan fingerprint density at radius 1 is 1.30 bits per heavy atom. The molecule has 0 spiro atoms. The van der Waals surface area contributed by atoms with Crippen molar-refractivity contribution >= 4 is 33.2 Å². The molecule has 0 N–H and O–H groups in total. The van der Waals surface area contributed by atoms with Gasteiger partial charge in [0, 0.05) is 19.0 Å². The van der Waals surface area contributed by atoms with E-state index in [4.69, 9.17) is 23.2 Å². The lowest BCUT2D eigenvalue weighted by atomic mass is 10.2. The van der Waals surface area contributed by atoms with Crippen molar-refractivity contribution in [3.63, 3.8) is 0 Å². The molecule has 1 aromatic rings. The van der Waals surface area contributed by atoms with E-state index in [1.54, 1.807) is 6.92 Å². The average Bonchev–Trinajstić information content (AvgIpc) is 2.42. The standard InChI is InChI=1S/C13H18Cl2FNO2S/c1-3-5-6-17(4-2)20(18,19)11-7-10(9-14)13(15)12(16)8-11/h7-8H,3-6,9H2,1-2H3. The van der Waals surface area contributed by atoms with Gasteiger partial charge < -0.3 is 0 Å². The van der Waals surface area contributed by atoms with E-state index in [0.29, 0.717) is 13.1 Å². The van der Waals surface area contributed by atoms with Crippen molar-refractivity contribution in [1.29, 1.82) is 0 Å². The zero-order chi connectivity index (χ0) is 15.3. The molecule has 0 aliphatic carbocycles. The number of unbranched alkanes of at least 4 members (excludes halogenated alkanes) is 1. The van der Waals surface area contributed by atoms with E-state index in [1.807, 2.05) is 6.92 Å². The molecule has 0 fully saturated rings. The number of benzene rings is 1. The number of hydrogen-bond donors (Lipinski definition) is 0. The number of alkyl halides is 1. The Kier molecular flexibility index (Phi) is 6.72. The van der Waals surface area contributed by atoms with E-state index < -0.39 is 15.8 Å². The lowest BCUT2D eigenvalue weighted by molar-refractivity contribution is 0.418. The summed E-state index contributed by atoms with van der Waals surface area (Å²) in [6.45, 7) is 4.48. The maximum atomic E-state index is 13.7. The topological polar surface area (TPSA) is 37.4 Å². The zero-order valence-corrected chi connectivity index (χ0v) is 13.8. The normalized spacial score (nSPS) is 12.1. The quantitative estimate of drug-likeness (QED) is 0.702. The van der Waals surface area contributed by atoms with Gasteiger partial charge in [0.25, 0.3) is 0 Å². The minimum atomic E-state index is -3.72. The minimum absolute atomic E-state index is 0.0415. The fourth-order valence-electron chi connectivity index (χ4n) is 1.80. The third kappa shape index (κ3) is 3.85. The molecule has 1 rings (SSSR count). The molecule has 114 valence electrons. The van der Waals surface area contributed by atoms with E-state index in [1.165, 1.54) is 10.4 Å². The van der Waals surface area contributed by atoms with Crippen molar-refractivity contribution in [2.75, 3.05) is 13.1 Å². The van der Waals surface area contributed by atoms with Gasteiger partial charge in [0.05, 0.1) is 9.92 Å². The highest BCUT2D eigenvalue weighted by molar-refractivity contribution is 7.89. The highest BCUT2D eigenvalue weighted by Crippen LogP contribution is 2.27. The molecule has 0 unspecified atom stereocenters. The Labute approximate surface area is 129 Å². The van der Waals surface area contributed by atoms with Gasteiger partial charge >= 0.3 is 0 Å². The number of nitrogens with zero attached hydrogens (tertiary/aromatic N) is 1. The lowest BCUT2D eigenvalue weighted by Gasteiger charge is -2.20. The summed E-state index contributed by atoms with van der Waals surface area (Å²) in [6.07, 6.45) is 1.64. The van der Waals surface area contributed by atoms with Gasteiger partial charge in [-0.25, -0.2) is 12.8 Å². The van der Waals surface area contributed by atoms with Crippen LogP contribution in [0.3, 0.4) is 0 Å². The molecule has 1 aromatic carbocycles. The molecule has 0 aromatic heterocycles. The number of rotatable bonds is 7. The second-order valence-electron chi connectivity index (χ2n) is 4.36. The Hall–Kier alpha value is -0.360. The van der Waals surface area contributed by atoms with Gasteiger partial charge in [0.1, 0.15) is 5.82 Å². The van der Waals surface area contributed by atoms with Crippen LogP contribution in [0.4, 0.5) is 4.39 Å². The molecule has 3 nitrogen and oxygen atoms in total.